The molecule has 1 aliphatic carbocycles. The van der Waals surface area contributed by atoms with Crippen LogP contribution in [0.3, 0.4) is 0 Å². The molecule has 3 heterocycles. The van der Waals surface area contributed by atoms with Crippen LogP contribution in [0.1, 0.15) is 25.0 Å². The van der Waals surface area contributed by atoms with E-state index in [9.17, 15) is 4.79 Å². The maximum Gasteiger partial charge on any atom is 0.255 e. The molecule has 0 N–H and O–H groups in total. The normalized spacial score (nSPS) is 17.8. The highest BCUT2D eigenvalue weighted by Gasteiger charge is 2.34. The van der Waals surface area contributed by atoms with Crippen LogP contribution in [0.5, 0.6) is 0 Å². The summed E-state index contributed by atoms with van der Waals surface area (Å²) in [6.45, 7) is 6.91. The highest BCUT2D eigenvalue weighted by Crippen LogP contribution is 2.33. The van der Waals surface area contributed by atoms with Gasteiger partial charge in [-0.25, -0.2) is 15.0 Å². The Bertz CT molecular complexity index is 1080. The fraction of sp³-hybridized carbons (Fsp3) is 0.391. The first-order chi connectivity index (χ1) is 14.0. The largest absolute Gasteiger partial charge is 0.341 e. The molecule has 2 aromatic heterocycles. The summed E-state index contributed by atoms with van der Waals surface area (Å²) in [5.74, 6) is 1.30. The summed E-state index contributed by atoms with van der Waals surface area (Å²) in [5, 5.41) is 0. The Kier molecular flexibility index (Phi) is 4.23. The van der Waals surface area contributed by atoms with Gasteiger partial charge in [-0.2, -0.15) is 0 Å². The molecule has 6 heteroatoms. The summed E-state index contributed by atoms with van der Waals surface area (Å²) in [7, 11) is 0. The number of rotatable bonds is 3. The van der Waals surface area contributed by atoms with Crippen LogP contribution in [0.25, 0.3) is 11.4 Å². The zero-order chi connectivity index (χ0) is 20.0. The first-order valence-corrected chi connectivity index (χ1v) is 10.2. The fourth-order valence-corrected chi connectivity index (χ4v) is 4.76. The zero-order valence-electron chi connectivity index (χ0n) is 16.9. The summed E-state index contributed by atoms with van der Waals surface area (Å²) in [6.07, 6.45) is 5.34. The molecule has 5 rings (SSSR count). The standard InChI is InChI=1S/C23H25N5O/c1-23(2)13-27(12-16-9-17-5-3-4-6-18(17)10-16)22-26-20(11-21(29)28(22)14-23)19-7-8-24-15-25-19/h3-8,11,15-16H,9-10,12-14H2,1-2H3. The molecule has 0 spiro atoms. The van der Waals surface area contributed by atoms with Crippen molar-refractivity contribution in [3.63, 3.8) is 0 Å². The van der Waals surface area contributed by atoms with Gasteiger partial charge < -0.3 is 4.90 Å². The van der Waals surface area contributed by atoms with Gasteiger partial charge in [-0.3, -0.25) is 9.36 Å². The van der Waals surface area contributed by atoms with Crippen molar-refractivity contribution in [1.29, 1.82) is 0 Å². The van der Waals surface area contributed by atoms with Crippen molar-refractivity contribution in [2.45, 2.75) is 33.2 Å². The minimum absolute atomic E-state index is 0.0143. The van der Waals surface area contributed by atoms with Gasteiger partial charge in [-0.15, -0.1) is 0 Å². The average molecular weight is 387 g/mol. The molecular formula is C23H25N5O. The average Bonchev–Trinajstić information content (AvgIpc) is 3.11. The van der Waals surface area contributed by atoms with Crippen LogP contribution < -0.4 is 10.5 Å². The Morgan fingerprint density at radius 1 is 1.07 bits per heavy atom. The topological polar surface area (TPSA) is 63.9 Å². The summed E-state index contributed by atoms with van der Waals surface area (Å²) >= 11 is 0. The van der Waals surface area contributed by atoms with Crippen molar-refractivity contribution in [2.75, 3.05) is 18.0 Å². The van der Waals surface area contributed by atoms with E-state index in [4.69, 9.17) is 4.98 Å². The quantitative estimate of drug-likeness (QED) is 0.691. The first-order valence-electron chi connectivity index (χ1n) is 10.2. The van der Waals surface area contributed by atoms with Gasteiger partial charge >= 0.3 is 0 Å². The molecule has 0 bridgehead atoms. The summed E-state index contributed by atoms with van der Waals surface area (Å²) in [5.41, 5.74) is 4.20. The van der Waals surface area contributed by atoms with Crippen LogP contribution in [0.4, 0.5) is 5.95 Å². The van der Waals surface area contributed by atoms with E-state index in [1.54, 1.807) is 18.3 Å². The van der Waals surface area contributed by atoms with E-state index < -0.39 is 0 Å². The van der Waals surface area contributed by atoms with Crippen LogP contribution in [-0.2, 0) is 19.4 Å². The Labute approximate surface area is 170 Å². The molecule has 0 radical (unpaired) electrons. The third kappa shape index (κ3) is 3.43. The molecular weight excluding hydrogens is 362 g/mol. The van der Waals surface area contributed by atoms with Crippen molar-refractivity contribution in [1.82, 2.24) is 19.5 Å². The number of hydrogen-bond donors (Lipinski definition) is 0. The van der Waals surface area contributed by atoms with Gasteiger partial charge in [0.25, 0.3) is 5.56 Å². The van der Waals surface area contributed by atoms with Crippen LogP contribution in [0, 0.1) is 11.3 Å². The van der Waals surface area contributed by atoms with E-state index in [2.05, 4.69) is 53.0 Å². The Morgan fingerprint density at radius 2 is 1.83 bits per heavy atom. The minimum Gasteiger partial charge on any atom is -0.341 e. The molecule has 0 saturated carbocycles. The molecule has 148 valence electrons. The molecule has 1 aromatic carbocycles. The van der Waals surface area contributed by atoms with Gasteiger partial charge in [-0.1, -0.05) is 38.1 Å². The Morgan fingerprint density at radius 3 is 2.52 bits per heavy atom. The lowest BCUT2D eigenvalue weighted by molar-refractivity contribution is 0.268. The summed E-state index contributed by atoms with van der Waals surface area (Å²) in [6, 6.07) is 12.1. The highest BCUT2D eigenvalue weighted by atomic mass is 16.1. The molecule has 0 saturated heterocycles. The first kappa shape index (κ1) is 18.0. The molecule has 1 aliphatic heterocycles. The third-order valence-corrected chi connectivity index (χ3v) is 5.93. The van der Waals surface area contributed by atoms with Gasteiger partial charge in [0.1, 0.15) is 6.33 Å². The van der Waals surface area contributed by atoms with Crippen molar-refractivity contribution in [2.24, 2.45) is 11.3 Å². The van der Waals surface area contributed by atoms with Crippen LogP contribution in [0.2, 0.25) is 0 Å². The predicted octanol–water partition coefficient (Wildman–Crippen LogP) is 2.96. The molecule has 6 nitrogen and oxygen atoms in total. The molecule has 3 aromatic rings. The number of aromatic nitrogens is 4. The van der Waals surface area contributed by atoms with Gasteiger partial charge in [0.15, 0.2) is 0 Å². The highest BCUT2D eigenvalue weighted by molar-refractivity contribution is 5.55. The lowest BCUT2D eigenvalue weighted by Crippen LogP contribution is -2.49. The molecule has 0 fully saturated rings. The smallest absolute Gasteiger partial charge is 0.255 e. The van der Waals surface area contributed by atoms with Gasteiger partial charge in [-0.05, 0) is 36.0 Å². The van der Waals surface area contributed by atoms with E-state index in [-0.39, 0.29) is 11.0 Å². The maximum absolute atomic E-state index is 13.0. The Balaban J connectivity index is 1.51. The second kappa shape index (κ2) is 6.79. The summed E-state index contributed by atoms with van der Waals surface area (Å²) in [4.78, 5) is 28.4. The van der Waals surface area contributed by atoms with Crippen molar-refractivity contribution >= 4 is 5.95 Å². The SMILES string of the molecule is CC1(C)CN(CC2Cc3ccccc3C2)c2nc(-c3ccncn3)cc(=O)n2C1. The number of benzene rings is 1. The van der Waals surface area contributed by atoms with Crippen molar-refractivity contribution in [3.8, 4) is 11.4 Å². The van der Waals surface area contributed by atoms with Crippen molar-refractivity contribution < 1.29 is 0 Å². The number of fused-ring (bicyclic) bond motifs is 2. The van der Waals surface area contributed by atoms with Crippen molar-refractivity contribution in [3.05, 3.63) is 70.4 Å². The van der Waals surface area contributed by atoms with Gasteiger partial charge in [0.2, 0.25) is 5.95 Å². The van der Waals surface area contributed by atoms with E-state index in [1.807, 2.05) is 4.57 Å². The van der Waals surface area contributed by atoms with E-state index >= 15 is 0 Å². The number of hydrogen-bond acceptors (Lipinski definition) is 5. The summed E-state index contributed by atoms with van der Waals surface area (Å²) < 4.78 is 1.83. The van der Waals surface area contributed by atoms with Crippen LogP contribution >= 0.6 is 0 Å². The zero-order valence-corrected chi connectivity index (χ0v) is 16.9. The fourth-order valence-electron chi connectivity index (χ4n) is 4.76. The van der Waals surface area contributed by atoms with Gasteiger partial charge in [0.05, 0.1) is 11.4 Å². The van der Waals surface area contributed by atoms with E-state index in [0.29, 0.717) is 23.9 Å². The maximum atomic E-state index is 13.0. The predicted molar refractivity (Wildman–Crippen MR) is 113 cm³/mol. The number of nitrogens with zero attached hydrogens (tertiary/aromatic N) is 5. The second-order valence-electron chi connectivity index (χ2n) is 9.05. The molecule has 0 amide bonds. The van der Waals surface area contributed by atoms with E-state index in [1.165, 1.54) is 17.5 Å². The molecule has 0 atom stereocenters. The number of anilines is 1. The molecule has 0 unspecified atom stereocenters. The lowest BCUT2D eigenvalue weighted by Gasteiger charge is -2.41. The van der Waals surface area contributed by atoms with Crippen LogP contribution in [-0.4, -0.2) is 32.6 Å². The minimum atomic E-state index is -0.0175. The Hall–Kier alpha value is -3.02. The molecule has 2 aliphatic rings. The molecule has 29 heavy (non-hydrogen) atoms. The van der Waals surface area contributed by atoms with Gasteiger partial charge in [0, 0.05) is 37.3 Å². The van der Waals surface area contributed by atoms with E-state index in [0.717, 1.165) is 31.9 Å². The monoisotopic (exact) mass is 387 g/mol. The lowest BCUT2D eigenvalue weighted by atomic mass is 9.90. The second-order valence-corrected chi connectivity index (χ2v) is 9.05. The third-order valence-electron chi connectivity index (χ3n) is 5.93. The van der Waals surface area contributed by atoms with Crippen LogP contribution in [0.15, 0.2) is 53.7 Å².